The normalized spacial score (nSPS) is 23.8. The summed E-state index contributed by atoms with van der Waals surface area (Å²) in [5, 5.41) is 0. The number of hydrogen-bond donors (Lipinski definition) is 0. The molecule has 3 heteroatoms. The van der Waals surface area contributed by atoms with Crippen LogP contribution < -0.4 is 0 Å². The first kappa shape index (κ1) is 18.1. The Hall–Kier alpha value is -1.71. The van der Waals surface area contributed by atoms with Crippen LogP contribution in [0.2, 0.25) is 0 Å². The van der Waals surface area contributed by atoms with E-state index < -0.39 is 0 Å². The van der Waals surface area contributed by atoms with Gasteiger partial charge in [0.05, 0.1) is 12.7 Å². The number of benzene rings is 2. The highest BCUT2D eigenvalue weighted by molar-refractivity contribution is 5.19. The summed E-state index contributed by atoms with van der Waals surface area (Å²) in [5.74, 6) is -0.196. The van der Waals surface area contributed by atoms with E-state index in [9.17, 15) is 4.39 Å². The Balaban J connectivity index is 1.55. The zero-order valence-electron chi connectivity index (χ0n) is 15.2. The fourth-order valence-corrected chi connectivity index (χ4v) is 3.85. The molecule has 0 N–H and O–H groups in total. The van der Waals surface area contributed by atoms with Crippen molar-refractivity contribution in [3.8, 4) is 0 Å². The van der Waals surface area contributed by atoms with Crippen LogP contribution in [0, 0.1) is 5.82 Å². The Kier molecular flexibility index (Phi) is 5.87. The number of nitrogens with zero attached hydrogens (tertiary/aromatic N) is 1. The molecule has 0 aromatic heterocycles. The highest BCUT2D eigenvalue weighted by atomic mass is 19.1. The monoisotopic (exact) mass is 341 g/mol. The summed E-state index contributed by atoms with van der Waals surface area (Å²) in [7, 11) is 4.39. The second-order valence-electron chi connectivity index (χ2n) is 7.42. The number of hydrogen-bond acceptors (Lipinski definition) is 2. The molecule has 0 unspecified atom stereocenters. The van der Waals surface area contributed by atoms with Gasteiger partial charge in [-0.2, -0.15) is 0 Å². The quantitative estimate of drug-likeness (QED) is 0.746. The minimum absolute atomic E-state index is 0.196. The highest BCUT2D eigenvalue weighted by Crippen LogP contribution is 2.36. The second kappa shape index (κ2) is 8.11. The molecule has 0 spiro atoms. The van der Waals surface area contributed by atoms with Crippen LogP contribution in [0.15, 0.2) is 54.6 Å². The zero-order chi connectivity index (χ0) is 17.7. The number of ether oxygens (including phenoxy) is 1. The second-order valence-corrected chi connectivity index (χ2v) is 7.42. The number of likely N-dealkylation sites (N-methyl/N-ethyl adjacent to an activating group) is 1. The molecule has 1 fully saturated rings. The Morgan fingerprint density at radius 2 is 1.60 bits per heavy atom. The maximum Gasteiger partial charge on any atom is 0.123 e. The van der Waals surface area contributed by atoms with Crippen molar-refractivity contribution >= 4 is 0 Å². The van der Waals surface area contributed by atoms with Crippen molar-refractivity contribution in [3.05, 3.63) is 71.5 Å². The summed E-state index contributed by atoms with van der Waals surface area (Å²) in [6, 6.07) is 17.4. The Bertz CT molecular complexity index is 645. The van der Waals surface area contributed by atoms with Crippen molar-refractivity contribution in [2.45, 2.75) is 50.4 Å². The van der Waals surface area contributed by atoms with Gasteiger partial charge in [0.1, 0.15) is 5.82 Å². The van der Waals surface area contributed by atoms with Crippen LogP contribution in [0.25, 0.3) is 0 Å². The summed E-state index contributed by atoms with van der Waals surface area (Å²) in [4.78, 5) is 2.40. The lowest BCUT2D eigenvalue weighted by Crippen LogP contribution is -2.49. The summed E-state index contributed by atoms with van der Waals surface area (Å²) in [6.07, 6.45) is 5.82. The molecule has 1 aliphatic rings. The molecular weight excluding hydrogens is 313 g/mol. The van der Waals surface area contributed by atoms with E-state index in [2.05, 4.69) is 49.3 Å². The van der Waals surface area contributed by atoms with E-state index in [0.29, 0.717) is 12.7 Å². The van der Waals surface area contributed by atoms with Crippen LogP contribution in [-0.2, 0) is 17.8 Å². The van der Waals surface area contributed by atoms with Crippen molar-refractivity contribution in [3.63, 3.8) is 0 Å². The van der Waals surface area contributed by atoms with Gasteiger partial charge in [0.15, 0.2) is 0 Å². The predicted octanol–water partition coefficient (Wildman–Crippen LogP) is 4.83. The van der Waals surface area contributed by atoms with Crippen LogP contribution in [0.3, 0.4) is 0 Å². The SMILES string of the molecule is CN(C)[C@]1(Cc2ccccc2)CC[C@H](OCc2ccc(F)cc2)CC1. The highest BCUT2D eigenvalue weighted by Gasteiger charge is 2.37. The van der Waals surface area contributed by atoms with Gasteiger partial charge in [-0.15, -0.1) is 0 Å². The van der Waals surface area contributed by atoms with E-state index in [0.717, 1.165) is 37.7 Å². The molecule has 2 nitrogen and oxygen atoms in total. The molecule has 0 radical (unpaired) electrons. The van der Waals surface area contributed by atoms with Gasteiger partial charge in [-0.1, -0.05) is 42.5 Å². The third-order valence-corrected chi connectivity index (χ3v) is 5.59. The van der Waals surface area contributed by atoms with E-state index in [1.165, 1.54) is 17.7 Å². The maximum atomic E-state index is 13.0. The largest absolute Gasteiger partial charge is 0.374 e. The van der Waals surface area contributed by atoms with Gasteiger partial charge in [-0.25, -0.2) is 4.39 Å². The van der Waals surface area contributed by atoms with Gasteiger partial charge in [0.25, 0.3) is 0 Å². The van der Waals surface area contributed by atoms with Gasteiger partial charge in [-0.05, 0) is 69.5 Å². The lowest BCUT2D eigenvalue weighted by atomic mass is 9.75. The zero-order valence-corrected chi connectivity index (χ0v) is 15.2. The third kappa shape index (κ3) is 4.68. The number of rotatable bonds is 6. The van der Waals surface area contributed by atoms with Crippen LogP contribution in [0.4, 0.5) is 4.39 Å². The molecule has 0 aliphatic heterocycles. The molecule has 3 rings (SSSR count). The molecule has 1 aliphatic carbocycles. The molecule has 0 heterocycles. The molecular formula is C22H28FNO. The first-order valence-corrected chi connectivity index (χ1v) is 9.15. The van der Waals surface area contributed by atoms with Gasteiger partial charge in [0, 0.05) is 5.54 Å². The Morgan fingerprint density at radius 1 is 0.960 bits per heavy atom. The molecule has 134 valence electrons. The first-order valence-electron chi connectivity index (χ1n) is 9.15. The van der Waals surface area contributed by atoms with E-state index in [1.54, 1.807) is 12.1 Å². The van der Waals surface area contributed by atoms with Crippen molar-refractivity contribution in [1.29, 1.82) is 0 Å². The van der Waals surface area contributed by atoms with Gasteiger partial charge in [0.2, 0.25) is 0 Å². The minimum Gasteiger partial charge on any atom is -0.374 e. The summed E-state index contributed by atoms with van der Waals surface area (Å²) >= 11 is 0. The van der Waals surface area contributed by atoms with Gasteiger partial charge < -0.3 is 9.64 Å². The summed E-state index contributed by atoms with van der Waals surface area (Å²) in [5.41, 5.74) is 2.66. The number of halogens is 1. The predicted molar refractivity (Wildman–Crippen MR) is 100 cm³/mol. The topological polar surface area (TPSA) is 12.5 Å². The average molecular weight is 341 g/mol. The van der Waals surface area contributed by atoms with Crippen LogP contribution in [0.1, 0.15) is 36.8 Å². The van der Waals surface area contributed by atoms with Crippen molar-refractivity contribution in [2.75, 3.05) is 14.1 Å². The average Bonchev–Trinajstić information content (AvgIpc) is 2.63. The molecule has 0 atom stereocenters. The van der Waals surface area contributed by atoms with E-state index in [-0.39, 0.29) is 11.4 Å². The lowest BCUT2D eigenvalue weighted by molar-refractivity contribution is -0.0230. The molecule has 1 saturated carbocycles. The van der Waals surface area contributed by atoms with E-state index in [4.69, 9.17) is 4.74 Å². The maximum absolute atomic E-state index is 13.0. The van der Waals surface area contributed by atoms with Crippen LogP contribution in [0.5, 0.6) is 0 Å². The van der Waals surface area contributed by atoms with Gasteiger partial charge in [-0.3, -0.25) is 0 Å². The van der Waals surface area contributed by atoms with Gasteiger partial charge >= 0.3 is 0 Å². The third-order valence-electron chi connectivity index (χ3n) is 5.59. The fourth-order valence-electron chi connectivity index (χ4n) is 3.85. The summed E-state index contributed by atoms with van der Waals surface area (Å²) in [6.45, 7) is 0.568. The van der Waals surface area contributed by atoms with Crippen molar-refractivity contribution in [2.24, 2.45) is 0 Å². The van der Waals surface area contributed by atoms with E-state index in [1.807, 2.05) is 0 Å². The van der Waals surface area contributed by atoms with Crippen LogP contribution in [-0.4, -0.2) is 30.6 Å². The summed E-state index contributed by atoms with van der Waals surface area (Å²) < 4.78 is 19.1. The standard InChI is InChI=1S/C22H28FNO/c1-24(2)22(16-18-6-4-3-5-7-18)14-12-21(13-15-22)25-17-19-8-10-20(23)11-9-19/h3-11,21H,12-17H2,1-2H3/t21-,22+. The van der Waals surface area contributed by atoms with Crippen molar-refractivity contribution in [1.82, 2.24) is 4.90 Å². The van der Waals surface area contributed by atoms with Crippen molar-refractivity contribution < 1.29 is 9.13 Å². The molecule has 2 aromatic carbocycles. The first-order chi connectivity index (χ1) is 12.1. The Labute approximate surface area is 150 Å². The fraction of sp³-hybridized carbons (Fsp3) is 0.455. The van der Waals surface area contributed by atoms with Crippen LogP contribution >= 0.6 is 0 Å². The van der Waals surface area contributed by atoms with E-state index >= 15 is 0 Å². The smallest absolute Gasteiger partial charge is 0.123 e. The minimum atomic E-state index is -0.196. The lowest BCUT2D eigenvalue weighted by Gasteiger charge is -2.45. The molecule has 0 bridgehead atoms. The molecule has 25 heavy (non-hydrogen) atoms. The molecule has 0 amide bonds. The molecule has 0 saturated heterocycles. The Morgan fingerprint density at radius 3 is 2.20 bits per heavy atom. The molecule has 2 aromatic rings.